The fourth-order valence-corrected chi connectivity index (χ4v) is 4.02. The number of phenols is 2. The number of carboxylic acids is 1. The Balaban J connectivity index is 1.79. The largest absolute Gasteiger partial charge is 0.508 e. The van der Waals surface area contributed by atoms with E-state index < -0.39 is 11.4 Å². The summed E-state index contributed by atoms with van der Waals surface area (Å²) in [5.74, 6) is -0.325. The van der Waals surface area contributed by atoms with Crippen LogP contribution in [0.25, 0.3) is 0 Å². The van der Waals surface area contributed by atoms with Gasteiger partial charge in [-0.15, -0.1) is 0 Å². The number of aryl methyl sites for hydroxylation is 1. The molecule has 0 heterocycles. The minimum atomic E-state index is -0.641. The first-order valence-electron chi connectivity index (χ1n) is 10.9. The highest BCUT2D eigenvalue weighted by Gasteiger charge is 2.49. The summed E-state index contributed by atoms with van der Waals surface area (Å²) in [6.45, 7) is 6.79. The molecule has 1 aromatic rings. The van der Waals surface area contributed by atoms with E-state index in [9.17, 15) is 20.1 Å². The van der Waals surface area contributed by atoms with E-state index in [1.54, 1.807) is 6.07 Å². The fourth-order valence-electron chi connectivity index (χ4n) is 4.02. The lowest BCUT2D eigenvalue weighted by molar-refractivity contribution is -0.143. The number of benzene rings is 1. The maximum absolute atomic E-state index is 11.2. The van der Waals surface area contributed by atoms with Crippen molar-refractivity contribution >= 4 is 5.97 Å². The zero-order chi connectivity index (χ0) is 20.8. The first kappa shape index (κ1) is 22.6. The van der Waals surface area contributed by atoms with Gasteiger partial charge in [0.15, 0.2) is 0 Å². The van der Waals surface area contributed by atoms with Crippen LogP contribution in [0.3, 0.4) is 0 Å². The summed E-state index contributed by atoms with van der Waals surface area (Å²) in [6.07, 6.45) is 11.5. The third-order valence-electron chi connectivity index (χ3n) is 6.07. The van der Waals surface area contributed by atoms with E-state index >= 15 is 0 Å². The monoisotopic (exact) mass is 390 g/mol. The molecule has 28 heavy (non-hydrogen) atoms. The van der Waals surface area contributed by atoms with E-state index in [0.29, 0.717) is 5.41 Å². The summed E-state index contributed by atoms with van der Waals surface area (Å²) in [4.78, 5) is 11.2. The molecule has 1 fully saturated rings. The van der Waals surface area contributed by atoms with Gasteiger partial charge in [0.1, 0.15) is 11.5 Å². The number of unbranched alkanes of at least 4 members (excludes halogenated alkanes) is 4. The molecule has 4 heteroatoms. The van der Waals surface area contributed by atoms with E-state index in [-0.39, 0.29) is 11.5 Å². The standard InChI is InChI=1S/C24H38O4/c1-23(2,3)12-8-4-6-10-18-16-19(25)17-21(26)20(18)11-7-5-9-13-24(14-15-24)22(27)28/h16-17,25-26H,4-15H2,1-3H3,(H,27,28). The molecule has 0 saturated heterocycles. The van der Waals surface area contributed by atoms with Crippen LogP contribution in [0, 0.1) is 10.8 Å². The smallest absolute Gasteiger partial charge is 0.309 e. The molecule has 2 rings (SSSR count). The second-order valence-electron chi connectivity index (χ2n) is 9.87. The first-order chi connectivity index (χ1) is 13.1. The molecular weight excluding hydrogens is 352 g/mol. The minimum absolute atomic E-state index is 0.128. The van der Waals surface area contributed by atoms with Gasteiger partial charge in [-0.05, 0) is 74.0 Å². The molecule has 0 unspecified atom stereocenters. The van der Waals surface area contributed by atoms with Crippen molar-refractivity contribution in [2.45, 2.75) is 97.8 Å². The van der Waals surface area contributed by atoms with Gasteiger partial charge in [0.2, 0.25) is 0 Å². The summed E-state index contributed by atoms with van der Waals surface area (Å²) in [5.41, 5.74) is 1.94. The summed E-state index contributed by atoms with van der Waals surface area (Å²) in [7, 11) is 0. The topological polar surface area (TPSA) is 77.8 Å². The van der Waals surface area contributed by atoms with E-state index in [1.165, 1.54) is 18.9 Å². The lowest BCUT2D eigenvalue weighted by Crippen LogP contribution is -2.14. The second-order valence-corrected chi connectivity index (χ2v) is 9.87. The van der Waals surface area contributed by atoms with Gasteiger partial charge in [-0.25, -0.2) is 0 Å². The molecule has 1 aliphatic rings. The van der Waals surface area contributed by atoms with Gasteiger partial charge in [-0.1, -0.05) is 46.5 Å². The van der Waals surface area contributed by atoms with Crippen LogP contribution in [0.5, 0.6) is 11.5 Å². The molecule has 3 N–H and O–H groups in total. The van der Waals surface area contributed by atoms with Crippen LogP contribution in [-0.2, 0) is 17.6 Å². The highest BCUT2D eigenvalue weighted by molar-refractivity contribution is 5.77. The number of aromatic hydroxyl groups is 2. The summed E-state index contributed by atoms with van der Waals surface area (Å²) < 4.78 is 0. The Kier molecular flexibility index (Phi) is 7.79. The Morgan fingerprint density at radius 3 is 2.21 bits per heavy atom. The highest BCUT2D eigenvalue weighted by Crippen LogP contribution is 2.50. The van der Waals surface area contributed by atoms with Crippen molar-refractivity contribution in [2.24, 2.45) is 10.8 Å². The molecule has 0 atom stereocenters. The first-order valence-corrected chi connectivity index (χ1v) is 10.9. The van der Waals surface area contributed by atoms with Gasteiger partial charge in [0.25, 0.3) is 0 Å². The molecule has 0 aliphatic heterocycles. The zero-order valence-corrected chi connectivity index (χ0v) is 17.9. The van der Waals surface area contributed by atoms with Crippen molar-refractivity contribution in [2.75, 3.05) is 0 Å². The Labute approximate surface area is 170 Å². The molecule has 0 amide bonds. The number of hydrogen-bond acceptors (Lipinski definition) is 3. The number of aliphatic carboxylic acids is 1. The molecule has 0 spiro atoms. The molecule has 1 saturated carbocycles. The van der Waals surface area contributed by atoms with Crippen molar-refractivity contribution in [3.8, 4) is 11.5 Å². The van der Waals surface area contributed by atoms with E-state index in [1.807, 2.05) is 0 Å². The van der Waals surface area contributed by atoms with E-state index in [4.69, 9.17) is 0 Å². The van der Waals surface area contributed by atoms with Gasteiger partial charge in [-0.3, -0.25) is 4.79 Å². The molecule has 0 bridgehead atoms. The van der Waals surface area contributed by atoms with Crippen LogP contribution in [0.4, 0.5) is 0 Å². The lowest BCUT2D eigenvalue weighted by Gasteiger charge is -2.17. The van der Waals surface area contributed by atoms with Gasteiger partial charge in [-0.2, -0.15) is 0 Å². The molecule has 1 aromatic carbocycles. The average Bonchev–Trinajstić information content (AvgIpc) is 3.36. The molecule has 1 aliphatic carbocycles. The van der Waals surface area contributed by atoms with Crippen molar-refractivity contribution in [1.29, 1.82) is 0 Å². The maximum atomic E-state index is 11.2. The molecule has 0 radical (unpaired) electrons. The molecule has 4 nitrogen and oxygen atoms in total. The predicted molar refractivity (Wildman–Crippen MR) is 113 cm³/mol. The Morgan fingerprint density at radius 1 is 0.964 bits per heavy atom. The van der Waals surface area contributed by atoms with Crippen molar-refractivity contribution in [3.63, 3.8) is 0 Å². The van der Waals surface area contributed by atoms with Crippen LogP contribution in [-0.4, -0.2) is 21.3 Å². The van der Waals surface area contributed by atoms with Crippen molar-refractivity contribution in [3.05, 3.63) is 23.3 Å². The van der Waals surface area contributed by atoms with Gasteiger partial charge >= 0.3 is 5.97 Å². The Morgan fingerprint density at radius 2 is 1.61 bits per heavy atom. The van der Waals surface area contributed by atoms with Crippen LogP contribution in [0.15, 0.2) is 12.1 Å². The quantitative estimate of drug-likeness (QED) is 0.371. The lowest BCUT2D eigenvalue weighted by atomic mass is 9.89. The molecule has 0 aromatic heterocycles. The van der Waals surface area contributed by atoms with Crippen molar-refractivity contribution < 1.29 is 20.1 Å². The minimum Gasteiger partial charge on any atom is -0.508 e. The SMILES string of the molecule is CC(C)(C)CCCCCc1cc(O)cc(O)c1CCCCCC1(C(=O)O)CC1. The fraction of sp³-hybridized carbons (Fsp3) is 0.708. The van der Waals surface area contributed by atoms with Crippen LogP contribution in [0.1, 0.15) is 96.1 Å². The summed E-state index contributed by atoms with van der Waals surface area (Å²) >= 11 is 0. The number of phenolic OH excluding ortho intramolecular Hbond substituents is 2. The highest BCUT2D eigenvalue weighted by atomic mass is 16.4. The van der Waals surface area contributed by atoms with Crippen LogP contribution >= 0.6 is 0 Å². The van der Waals surface area contributed by atoms with Crippen LogP contribution < -0.4 is 0 Å². The number of rotatable bonds is 12. The maximum Gasteiger partial charge on any atom is 0.309 e. The number of hydrogen-bond donors (Lipinski definition) is 3. The van der Waals surface area contributed by atoms with Gasteiger partial charge < -0.3 is 15.3 Å². The Bertz CT molecular complexity index is 653. The average molecular weight is 391 g/mol. The summed E-state index contributed by atoms with van der Waals surface area (Å²) in [6, 6.07) is 3.23. The third-order valence-corrected chi connectivity index (χ3v) is 6.07. The van der Waals surface area contributed by atoms with E-state index in [0.717, 1.165) is 75.3 Å². The normalized spacial score (nSPS) is 15.5. The number of carboxylic acid groups (broad SMARTS) is 1. The molecule has 158 valence electrons. The zero-order valence-electron chi connectivity index (χ0n) is 17.9. The van der Waals surface area contributed by atoms with Gasteiger partial charge in [0.05, 0.1) is 5.41 Å². The molecular formula is C24H38O4. The third kappa shape index (κ3) is 7.03. The second kappa shape index (κ2) is 9.67. The van der Waals surface area contributed by atoms with E-state index in [2.05, 4.69) is 20.8 Å². The number of carbonyl (C=O) groups is 1. The van der Waals surface area contributed by atoms with Crippen molar-refractivity contribution in [1.82, 2.24) is 0 Å². The van der Waals surface area contributed by atoms with Crippen LogP contribution in [0.2, 0.25) is 0 Å². The Hall–Kier alpha value is -1.71. The summed E-state index contributed by atoms with van der Waals surface area (Å²) in [5, 5.41) is 29.4. The van der Waals surface area contributed by atoms with Gasteiger partial charge in [0, 0.05) is 6.07 Å². The predicted octanol–water partition coefficient (Wildman–Crippen LogP) is 6.21.